The molecule has 0 fully saturated rings. The highest BCUT2D eigenvalue weighted by molar-refractivity contribution is 5.64. The Labute approximate surface area is 125 Å². The summed E-state index contributed by atoms with van der Waals surface area (Å²) in [7, 11) is 0. The van der Waals surface area contributed by atoms with Crippen LogP contribution in [0.1, 0.15) is 34.1 Å². The molecule has 114 valence electrons. The third kappa shape index (κ3) is 3.71. The molecular weight excluding hydrogens is 266 g/mol. The third-order valence-electron chi connectivity index (χ3n) is 3.56. The zero-order chi connectivity index (χ0) is 15.5. The minimum atomic E-state index is 0.132. The van der Waals surface area contributed by atoms with Gasteiger partial charge in [-0.3, -0.25) is 0 Å². The number of nitrogens with zero attached hydrogens (tertiary/aromatic N) is 4. The van der Waals surface area contributed by atoms with Crippen molar-refractivity contribution in [3.63, 3.8) is 0 Å². The van der Waals surface area contributed by atoms with Gasteiger partial charge in [-0.15, -0.1) is 5.10 Å². The highest BCUT2D eigenvalue weighted by Crippen LogP contribution is 2.28. The number of nitrogens with two attached hydrogens (primary N) is 1. The first-order valence-corrected chi connectivity index (χ1v) is 7.25. The molecule has 0 bridgehead atoms. The Bertz CT molecular complexity index is 606. The van der Waals surface area contributed by atoms with Gasteiger partial charge in [-0.05, 0) is 41.3 Å². The quantitative estimate of drug-likeness (QED) is 0.827. The SMILES string of the molecule is CCOc1cc(N)cc(-c2nnnn2CC(C)(C)CC)c1. The molecule has 6 heteroatoms. The van der Waals surface area contributed by atoms with Gasteiger partial charge in [0.1, 0.15) is 5.75 Å². The molecule has 0 saturated carbocycles. The van der Waals surface area contributed by atoms with E-state index in [-0.39, 0.29) is 5.41 Å². The largest absolute Gasteiger partial charge is 0.494 e. The summed E-state index contributed by atoms with van der Waals surface area (Å²) in [6.07, 6.45) is 1.05. The van der Waals surface area contributed by atoms with Crippen molar-refractivity contribution < 1.29 is 4.74 Å². The van der Waals surface area contributed by atoms with E-state index in [0.717, 1.165) is 24.3 Å². The van der Waals surface area contributed by atoms with Gasteiger partial charge in [0.25, 0.3) is 0 Å². The number of tetrazole rings is 1. The van der Waals surface area contributed by atoms with Gasteiger partial charge in [0, 0.05) is 17.3 Å². The van der Waals surface area contributed by atoms with E-state index in [4.69, 9.17) is 10.5 Å². The summed E-state index contributed by atoms with van der Waals surface area (Å²) in [6.45, 7) is 9.85. The normalized spacial score (nSPS) is 11.6. The molecule has 21 heavy (non-hydrogen) atoms. The molecule has 0 amide bonds. The summed E-state index contributed by atoms with van der Waals surface area (Å²) in [5.41, 5.74) is 7.58. The molecule has 2 rings (SSSR count). The fraction of sp³-hybridized carbons (Fsp3) is 0.533. The highest BCUT2D eigenvalue weighted by Gasteiger charge is 2.20. The van der Waals surface area contributed by atoms with E-state index < -0.39 is 0 Å². The number of hydrogen-bond acceptors (Lipinski definition) is 5. The van der Waals surface area contributed by atoms with Crippen LogP contribution in [0.5, 0.6) is 5.75 Å². The first kappa shape index (κ1) is 15.3. The second-order valence-electron chi connectivity index (χ2n) is 5.90. The molecule has 1 aromatic carbocycles. The fourth-order valence-electron chi connectivity index (χ4n) is 2.04. The number of aromatic nitrogens is 4. The van der Waals surface area contributed by atoms with Crippen molar-refractivity contribution in [2.45, 2.75) is 40.7 Å². The maximum absolute atomic E-state index is 5.94. The second-order valence-corrected chi connectivity index (χ2v) is 5.90. The molecule has 2 N–H and O–H groups in total. The summed E-state index contributed by atoms with van der Waals surface area (Å²) < 4.78 is 7.36. The maximum atomic E-state index is 5.94. The lowest BCUT2D eigenvalue weighted by atomic mass is 9.90. The van der Waals surface area contributed by atoms with Crippen LogP contribution in [-0.2, 0) is 6.54 Å². The van der Waals surface area contributed by atoms with Gasteiger partial charge in [0.05, 0.1) is 13.2 Å². The minimum absolute atomic E-state index is 0.132. The van der Waals surface area contributed by atoms with Crippen molar-refractivity contribution in [2.24, 2.45) is 5.41 Å². The van der Waals surface area contributed by atoms with Crippen molar-refractivity contribution in [2.75, 3.05) is 12.3 Å². The molecule has 0 aliphatic carbocycles. The van der Waals surface area contributed by atoms with Crippen molar-refractivity contribution in [3.8, 4) is 17.1 Å². The number of hydrogen-bond donors (Lipinski definition) is 1. The van der Waals surface area contributed by atoms with Crippen molar-refractivity contribution in [1.29, 1.82) is 0 Å². The predicted molar refractivity (Wildman–Crippen MR) is 82.9 cm³/mol. The number of nitrogen functional groups attached to an aromatic ring is 1. The van der Waals surface area contributed by atoms with E-state index >= 15 is 0 Å². The number of benzene rings is 1. The van der Waals surface area contributed by atoms with E-state index in [1.54, 1.807) is 6.07 Å². The van der Waals surface area contributed by atoms with Gasteiger partial charge in [-0.2, -0.15) is 0 Å². The zero-order valence-corrected chi connectivity index (χ0v) is 13.1. The lowest BCUT2D eigenvalue weighted by Crippen LogP contribution is -2.20. The molecule has 2 aromatic rings. The Balaban J connectivity index is 2.37. The Morgan fingerprint density at radius 1 is 1.24 bits per heavy atom. The lowest BCUT2D eigenvalue weighted by Gasteiger charge is -2.22. The van der Waals surface area contributed by atoms with Crippen molar-refractivity contribution in [1.82, 2.24) is 20.2 Å². The number of rotatable bonds is 6. The van der Waals surface area contributed by atoms with Crippen LogP contribution in [0.3, 0.4) is 0 Å². The minimum Gasteiger partial charge on any atom is -0.494 e. The number of ether oxygens (including phenoxy) is 1. The van der Waals surface area contributed by atoms with Gasteiger partial charge in [0.15, 0.2) is 5.82 Å². The van der Waals surface area contributed by atoms with Crippen LogP contribution < -0.4 is 10.5 Å². The van der Waals surface area contributed by atoms with Crippen molar-refractivity contribution in [3.05, 3.63) is 18.2 Å². The van der Waals surface area contributed by atoms with E-state index in [0.29, 0.717) is 18.1 Å². The molecule has 0 spiro atoms. The standard InChI is InChI=1S/C15H23N5O/c1-5-15(3,4)10-20-14(17-18-19-20)11-7-12(16)9-13(8-11)21-6-2/h7-9H,5-6,10,16H2,1-4H3. The highest BCUT2D eigenvalue weighted by atomic mass is 16.5. The first-order chi connectivity index (χ1) is 9.95. The van der Waals surface area contributed by atoms with Gasteiger partial charge in [0.2, 0.25) is 0 Å². The zero-order valence-electron chi connectivity index (χ0n) is 13.1. The van der Waals surface area contributed by atoms with Crippen molar-refractivity contribution >= 4 is 5.69 Å². The van der Waals surface area contributed by atoms with E-state index in [2.05, 4.69) is 36.3 Å². The summed E-state index contributed by atoms with van der Waals surface area (Å²) in [6, 6.07) is 5.59. The average molecular weight is 289 g/mol. The fourth-order valence-corrected chi connectivity index (χ4v) is 2.04. The van der Waals surface area contributed by atoms with Crippen LogP contribution >= 0.6 is 0 Å². The Morgan fingerprint density at radius 2 is 2.00 bits per heavy atom. The molecule has 0 aliphatic heterocycles. The van der Waals surface area contributed by atoms with Crippen LogP contribution in [-0.4, -0.2) is 26.8 Å². The Kier molecular flexibility index (Phi) is 4.45. The van der Waals surface area contributed by atoms with Crippen LogP contribution in [0.25, 0.3) is 11.4 Å². The predicted octanol–water partition coefficient (Wildman–Crippen LogP) is 2.76. The summed E-state index contributed by atoms with van der Waals surface area (Å²) >= 11 is 0. The average Bonchev–Trinajstić information content (AvgIpc) is 2.86. The topological polar surface area (TPSA) is 78.8 Å². The molecular formula is C15H23N5O. The molecule has 1 heterocycles. The van der Waals surface area contributed by atoms with Gasteiger partial charge < -0.3 is 10.5 Å². The van der Waals surface area contributed by atoms with Crippen LogP contribution in [0.4, 0.5) is 5.69 Å². The van der Waals surface area contributed by atoms with Gasteiger partial charge >= 0.3 is 0 Å². The molecule has 6 nitrogen and oxygen atoms in total. The Hall–Kier alpha value is -2.11. The maximum Gasteiger partial charge on any atom is 0.182 e. The summed E-state index contributed by atoms with van der Waals surface area (Å²) in [5, 5.41) is 12.0. The third-order valence-corrected chi connectivity index (χ3v) is 3.56. The molecule has 1 aromatic heterocycles. The van der Waals surface area contributed by atoms with Gasteiger partial charge in [-0.1, -0.05) is 20.8 Å². The lowest BCUT2D eigenvalue weighted by molar-refractivity contribution is 0.279. The first-order valence-electron chi connectivity index (χ1n) is 7.25. The molecule has 0 saturated heterocycles. The molecule has 0 aliphatic rings. The second kappa shape index (κ2) is 6.11. The van der Waals surface area contributed by atoms with E-state index in [9.17, 15) is 0 Å². The van der Waals surface area contributed by atoms with E-state index in [1.807, 2.05) is 23.7 Å². The van der Waals surface area contributed by atoms with Crippen LogP contribution in [0.15, 0.2) is 18.2 Å². The summed E-state index contributed by atoms with van der Waals surface area (Å²) in [5.74, 6) is 1.45. The smallest absolute Gasteiger partial charge is 0.182 e. The summed E-state index contributed by atoms with van der Waals surface area (Å²) in [4.78, 5) is 0. The monoisotopic (exact) mass is 289 g/mol. The van der Waals surface area contributed by atoms with Crippen LogP contribution in [0.2, 0.25) is 0 Å². The van der Waals surface area contributed by atoms with E-state index in [1.165, 1.54) is 0 Å². The van der Waals surface area contributed by atoms with Crippen LogP contribution in [0, 0.1) is 5.41 Å². The molecule has 0 radical (unpaired) electrons. The molecule has 0 unspecified atom stereocenters. The van der Waals surface area contributed by atoms with Gasteiger partial charge in [-0.25, -0.2) is 4.68 Å². The Morgan fingerprint density at radius 3 is 2.67 bits per heavy atom. The molecule has 0 atom stereocenters. The number of anilines is 1.